The number of fused-ring (bicyclic) bond motifs is 1. The minimum atomic E-state index is 0.269. The summed E-state index contributed by atoms with van der Waals surface area (Å²) in [5.41, 5.74) is 3.72. The van der Waals surface area contributed by atoms with Crippen molar-refractivity contribution in [2.75, 3.05) is 13.9 Å². The lowest BCUT2D eigenvalue weighted by Gasteiger charge is -1.97. The predicted octanol–water partition coefficient (Wildman–Crippen LogP) is 4.22. The van der Waals surface area contributed by atoms with Crippen LogP contribution in [0.15, 0.2) is 66.7 Å². The summed E-state index contributed by atoms with van der Waals surface area (Å²) in [5.74, 6) is 14.9. The normalized spacial score (nSPS) is 11.0. The van der Waals surface area contributed by atoms with Crippen LogP contribution in [0.1, 0.15) is 22.3 Å². The van der Waals surface area contributed by atoms with Crippen molar-refractivity contribution in [2.24, 2.45) is 0 Å². The zero-order valence-electron chi connectivity index (χ0n) is 14.8. The summed E-state index contributed by atoms with van der Waals surface area (Å²) >= 11 is 0. The maximum Gasteiger partial charge on any atom is 0.231 e. The molecule has 0 amide bonds. The van der Waals surface area contributed by atoms with Crippen molar-refractivity contribution in [3.63, 3.8) is 0 Å². The van der Waals surface area contributed by atoms with Crippen LogP contribution in [0.4, 0.5) is 0 Å². The molecule has 0 N–H and O–H groups in total. The molecule has 0 saturated carbocycles. The van der Waals surface area contributed by atoms with Crippen LogP contribution in [-0.2, 0) is 0 Å². The number of benzene rings is 3. The summed E-state index contributed by atoms with van der Waals surface area (Å²) < 4.78 is 15.8. The van der Waals surface area contributed by atoms with E-state index in [-0.39, 0.29) is 6.79 Å². The average molecular weight is 352 g/mol. The molecular weight excluding hydrogens is 336 g/mol. The van der Waals surface area contributed by atoms with Crippen molar-refractivity contribution in [1.29, 1.82) is 0 Å². The van der Waals surface area contributed by atoms with Gasteiger partial charge >= 0.3 is 0 Å². The fraction of sp³-hybridized carbons (Fsp3) is 0.0833. The van der Waals surface area contributed by atoms with Crippen LogP contribution in [-0.4, -0.2) is 13.9 Å². The second-order valence-electron chi connectivity index (χ2n) is 5.87. The van der Waals surface area contributed by atoms with E-state index in [0.29, 0.717) is 0 Å². The molecule has 0 spiro atoms. The lowest BCUT2D eigenvalue weighted by molar-refractivity contribution is 0.174. The molecule has 0 bridgehead atoms. The largest absolute Gasteiger partial charge is 0.497 e. The van der Waals surface area contributed by atoms with Gasteiger partial charge in [0.2, 0.25) is 6.79 Å². The maximum atomic E-state index is 5.37. The Morgan fingerprint density at radius 3 is 1.70 bits per heavy atom. The third kappa shape index (κ3) is 4.06. The van der Waals surface area contributed by atoms with E-state index >= 15 is 0 Å². The fourth-order valence-electron chi connectivity index (χ4n) is 2.57. The van der Waals surface area contributed by atoms with Crippen LogP contribution in [0.25, 0.3) is 0 Å². The molecule has 1 heterocycles. The Kier molecular flexibility index (Phi) is 4.68. The molecule has 0 aliphatic carbocycles. The third-order valence-electron chi connectivity index (χ3n) is 4.05. The van der Waals surface area contributed by atoms with Gasteiger partial charge in [0.1, 0.15) is 5.75 Å². The molecule has 3 aromatic rings. The first-order chi connectivity index (χ1) is 13.3. The average Bonchev–Trinajstić information content (AvgIpc) is 3.20. The Balaban J connectivity index is 1.46. The highest BCUT2D eigenvalue weighted by Gasteiger charge is 2.12. The predicted molar refractivity (Wildman–Crippen MR) is 104 cm³/mol. The Hall–Kier alpha value is -3.82. The fourth-order valence-corrected chi connectivity index (χ4v) is 2.57. The van der Waals surface area contributed by atoms with E-state index in [0.717, 1.165) is 39.5 Å². The molecule has 3 heteroatoms. The van der Waals surface area contributed by atoms with E-state index in [2.05, 4.69) is 23.7 Å². The molecule has 4 rings (SSSR count). The molecule has 1 aliphatic heterocycles. The summed E-state index contributed by atoms with van der Waals surface area (Å²) in [7, 11) is 1.65. The van der Waals surface area contributed by atoms with Gasteiger partial charge in [-0.1, -0.05) is 23.7 Å². The quantitative estimate of drug-likeness (QED) is 0.614. The summed E-state index contributed by atoms with van der Waals surface area (Å²) in [6.07, 6.45) is 0. The SMILES string of the molecule is COc1ccc(C#Cc2ccc(C#Cc3ccc4c(c3)OCO4)cc2)cc1. The van der Waals surface area contributed by atoms with Crippen molar-refractivity contribution in [3.8, 4) is 40.9 Å². The number of ether oxygens (including phenoxy) is 3. The molecule has 3 nitrogen and oxygen atoms in total. The summed E-state index contributed by atoms with van der Waals surface area (Å²) in [6, 6.07) is 21.3. The Labute approximate surface area is 158 Å². The summed E-state index contributed by atoms with van der Waals surface area (Å²) in [5, 5.41) is 0. The lowest BCUT2D eigenvalue weighted by atomic mass is 10.1. The van der Waals surface area contributed by atoms with E-state index in [4.69, 9.17) is 14.2 Å². The highest BCUT2D eigenvalue weighted by Crippen LogP contribution is 2.32. The number of hydrogen-bond acceptors (Lipinski definition) is 3. The van der Waals surface area contributed by atoms with Crippen molar-refractivity contribution in [2.45, 2.75) is 0 Å². The maximum absolute atomic E-state index is 5.37. The number of hydrogen-bond donors (Lipinski definition) is 0. The van der Waals surface area contributed by atoms with Gasteiger partial charge in [-0.25, -0.2) is 0 Å². The molecule has 0 atom stereocenters. The minimum Gasteiger partial charge on any atom is -0.497 e. The lowest BCUT2D eigenvalue weighted by Crippen LogP contribution is -1.92. The van der Waals surface area contributed by atoms with Crippen molar-refractivity contribution < 1.29 is 14.2 Å². The zero-order valence-corrected chi connectivity index (χ0v) is 14.8. The van der Waals surface area contributed by atoms with E-state index < -0.39 is 0 Å². The molecular formula is C24H16O3. The Morgan fingerprint density at radius 2 is 1.11 bits per heavy atom. The molecule has 0 fully saturated rings. The molecule has 0 unspecified atom stereocenters. The highest BCUT2D eigenvalue weighted by molar-refractivity contribution is 5.52. The summed E-state index contributed by atoms with van der Waals surface area (Å²) in [6.45, 7) is 0.269. The second kappa shape index (κ2) is 7.60. The van der Waals surface area contributed by atoms with Crippen LogP contribution in [0.2, 0.25) is 0 Å². The van der Waals surface area contributed by atoms with E-state index in [1.54, 1.807) is 7.11 Å². The van der Waals surface area contributed by atoms with Crippen molar-refractivity contribution in [1.82, 2.24) is 0 Å². The summed E-state index contributed by atoms with van der Waals surface area (Å²) in [4.78, 5) is 0. The molecule has 1 aliphatic rings. The molecule has 0 saturated heterocycles. The first-order valence-electron chi connectivity index (χ1n) is 8.48. The zero-order chi connectivity index (χ0) is 18.5. The number of methoxy groups -OCH3 is 1. The molecule has 27 heavy (non-hydrogen) atoms. The van der Waals surface area contributed by atoms with Gasteiger partial charge in [0.15, 0.2) is 11.5 Å². The Bertz CT molecular complexity index is 1070. The molecule has 3 aromatic carbocycles. The third-order valence-corrected chi connectivity index (χ3v) is 4.05. The molecule has 130 valence electrons. The first kappa shape index (κ1) is 16.6. The van der Waals surface area contributed by atoms with Gasteiger partial charge < -0.3 is 14.2 Å². The van der Waals surface area contributed by atoms with Crippen LogP contribution in [0, 0.1) is 23.7 Å². The minimum absolute atomic E-state index is 0.269. The smallest absolute Gasteiger partial charge is 0.231 e. The number of rotatable bonds is 1. The topological polar surface area (TPSA) is 27.7 Å². The first-order valence-corrected chi connectivity index (χ1v) is 8.48. The van der Waals surface area contributed by atoms with Gasteiger partial charge in [-0.3, -0.25) is 0 Å². The van der Waals surface area contributed by atoms with Gasteiger partial charge in [0.25, 0.3) is 0 Å². The van der Waals surface area contributed by atoms with E-state index in [9.17, 15) is 0 Å². The van der Waals surface area contributed by atoms with E-state index in [1.165, 1.54) is 0 Å². The van der Waals surface area contributed by atoms with Gasteiger partial charge in [-0.2, -0.15) is 0 Å². The standard InChI is InChI=1S/C24H16O3/c1-25-22-13-10-20(11-14-22)7-6-18-2-4-19(5-3-18)8-9-21-12-15-23-24(16-21)27-17-26-23/h2-5,10-16H,17H2,1H3. The highest BCUT2D eigenvalue weighted by atomic mass is 16.7. The van der Waals surface area contributed by atoms with Gasteiger partial charge in [-0.05, 0) is 66.7 Å². The molecule has 0 aromatic heterocycles. The van der Waals surface area contributed by atoms with Crippen LogP contribution in [0.5, 0.6) is 17.2 Å². The van der Waals surface area contributed by atoms with Crippen molar-refractivity contribution in [3.05, 3.63) is 89.0 Å². The second-order valence-corrected chi connectivity index (χ2v) is 5.87. The van der Waals surface area contributed by atoms with Gasteiger partial charge in [0.05, 0.1) is 7.11 Å². The molecule has 0 radical (unpaired) electrons. The van der Waals surface area contributed by atoms with Gasteiger partial charge in [0, 0.05) is 22.3 Å². The van der Waals surface area contributed by atoms with Crippen LogP contribution in [0.3, 0.4) is 0 Å². The van der Waals surface area contributed by atoms with Gasteiger partial charge in [-0.15, -0.1) is 0 Å². The van der Waals surface area contributed by atoms with E-state index in [1.807, 2.05) is 66.7 Å². The monoisotopic (exact) mass is 352 g/mol. The van der Waals surface area contributed by atoms with Crippen LogP contribution >= 0.6 is 0 Å². The Morgan fingerprint density at radius 1 is 0.630 bits per heavy atom. The van der Waals surface area contributed by atoms with Crippen LogP contribution < -0.4 is 14.2 Å². The van der Waals surface area contributed by atoms with Crippen molar-refractivity contribution >= 4 is 0 Å².